The smallest absolute Gasteiger partial charge is 0.331 e. The van der Waals surface area contributed by atoms with Crippen LogP contribution in [0, 0.1) is 6.92 Å². The van der Waals surface area contributed by atoms with Crippen molar-refractivity contribution >= 4 is 12.0 Å². The van der Waals surface area contributed by atoms with Crippen LogP contribution in [0.4, 0.5) is 0 Å². The first-order valence-corrected chi connectivity index (χ1v) is 5.89. The quantitative estimate of drug-likeness (QED) is 0.623. The van der Waals surface area contributed by atoms with Gasteiger partial charge in [0, 0.05) is 6.08 Å². The Labute approximate surface area is 110 Å². The lowest BCUT2D eigenvalue weighted by molar-refractivity contribution is -0.143. The van der Waals surface area contributed by atoms with E-state index in [1.54, 1.807) is 19.9 Å². The Morgan fingerprint density at radius 1 is 1.37 bits per heavy atom. The van der Waals surface area contributed by atoms with Crippen molar-refractivity contribution < 1.29 is 14.1 Å². The summed E-state index contributed by atoms with van der Waals surface area (Å²) in [6, 6.07) is 9.50. The summed E-state index contributed by atoms with van der Waals surface area (Å²) in [5.41, 5.74) is 0.931. The molecule has 0 amide bonds. The van der Waals surface area contributed by atoms with Crippen LogP contribution in [0.2, 0.25) is 0 Å². The number of rotatable bonds is 4. The molecule has 0 spiro atoms. The number of hydrogen-bond donors (Lipinski definition) is 0. The van der Waals surface area contributed by atoms with E-state index in [4.69, 9.17) is 9.26 Å². The maximum atomic E-state index is 11.6. The predicted molar refractivity (Wildman–Crippen MR) is 69.0 cm³/mol. The molecule has 1 unspecified atom stereocenters. The first-order chi connectivity index (χ1) is 9.15. The van der Waals surface area contributed by atoms with Crippen molar-refractivity contribution in [1.29, 1.82) is 0 Å². The third-order valence-corrected chi connectivity index (χ3v) is 2.40. The molecule has 0 saturated heterocycles. The zero-order chi connectivity index (χ0) is 13.7. The summed E-state index contributed by atoms with van der Waals surface area (Å²) in [5, 5.41) is 3.64. The summed E-state index contributed by atoms with van der Waals surface area (Å²) in [6.45, 7) is 3.39. The van der Waals surface area contributed by atoms with E-state index in [2.05, 4.69) is 10.1 Å². The van der Waals surface area contributed by atoms with Gasteiger partial charge >= 0.3 is 5.97 Å². The number of carbonyl (C=O) groups is 1. The first-order valence-electron chi connectivity index (χ1n) is 5.89. The Kier molecular flexibility index (Phi) is 4.07. The molecular formula is C14H14N2O3. The largest absolute Gasteiger partial charge is 0.449 e. The molecule has 1 heterocycles. The van der Waals surface area contributed by atoms with Gasteiger partial charge < -0.3 is 9.26 Å². The van der Waals surface area contributed by atoms with Crippen molar-refractivity contribution in [3.8, 4) is 0 Å². The molecule has 2 rings (SSSR count). The molecule has 5 heteroatoms. The van der Waals surface area contributed by atoms with Gasteiger partial charge in [-0.25, -0.2) is 4.79 Å². The molecule has 1 aromatic heterocycles. The van der Waals surface area contributed by atoms with Crippen molar-refractivity contribution in [2.45, 2.75) is 20.0 Å². The topological polar surface area (TPSA) is 65.2 Å². The van der Waals surface area contributed by atoms with E-state index in [1.165, 1.54) is 6.08 Å². The third kappa shape index (κ3) is 3.77. The van der Waals surface area contributed by atoms with Gasteiger partial charge in [0.1, 0.15) is 0 Å². The van der Waals surface area contributed by atoms with Crippen LogP contribution in [0.25, 0.3) is 6.08 Å². The minimum absolute atomic E-state index is 0.291. The van der Waals surface area contributed by atoms with Crippen LogP contribution in [0.5, 0.6) is 0 Å². The van der Waals surface area contributed by atoms with Crippen LogP contribution < -0.4 is 0 Å². The van der Waals surface area contributed by atoms with Crippen LogP contribution in [0.1, 0.15) is 30.3 Å². The minimum atomic E-state index is -0.561. The van der Waals surface area contributed by atoms with Gasteiger partial charge in [-0.15, -0.1) is 0 Å². The summed E-state index contributed by atoms with van der Waals surface area (Å²) in [5.74, 6) is 0.351. The third-order valence-electron chi connectivity index (χ3n) is 2.40. The molecule has 1 atom stereocenters. The van der Waals surface area contributed by atoms with Crippen LogP contribution in [0.3, 0.4) is 0 Å². The van der Waals surface area contributed by atoms with Crippen LogP contribution in [0.15, 0.2) is 40.9 Å². The van der Waals surface area contributed by atoms with E-state index in [9.17, 15) is 4.79 Å². The molecule has 0 radical (unpaired) electrons. The molecule has 0 aliphatic heterocycles. The van der Waals surface area contributed by atoms with Crippen LogP contribution >= 0.6 is 0 Å². The Balaban J connectivity index is 1.93. The van der Waals surface area contributed by atoms with E-state index in [0.717, 1.165) is 5.56 Å². The average Bonchev–Trinajstić information content (AvgIpc) is 2.84. The minimum Gasteiger partial charge on any atom is -0.449 e. The summed E-state index contributed by atoms with van der Waals surface area (Å²) in [4.78, 5) is 15.6. The van der Waals surface area contributed by atoms with E-state index in [1.807, 2.05) is 30.3 Å². The SMILES string of the molecule is Cc1noc(C(C)OC(=O)/C=C/c2ccccc2)n1. The molecule has 0 fully saturated rings. The monoisotopic (exact) mass is 258 g/mol. The number of aryl methyl sites for hydroxylation is 1. The number of hydrogen-bond acceptors (Lipinski definition) is 5. The number of carbonyl (C=O) groups excluding carboxylic acids is 1. The lowest BCUT2D eigenvalue weighted by Crippen LogP contribution is -2.06. The van der Waals surface area contributed by atoms with Crippen molar-refractivity contribution in [3.63, 3.8) is 0 Å². The first kappa shape index (κ1) is 13.0. The zero-order valence-electron chi connectivity index (χ0n) is 10.7. The Morgan fingerprint density at radius 3 is 2.74 bits per heavy atom. The van der Waals surface area contributed by atoms with Gasteiger partial charge in [0.25, 0.3) is 5.89 Å². The van der Waals surface area contributed by atoms with Crippen molar-refractivity contribution in [2.24, 2.45) is 0 Å². The molecule has 19 heavy (non-hydrogen) atoms. The highest BCUT2D eigenvalue weighted by Gasteiger charge is 2.16. The van der Waals surface area contributed by atoms with E-state index in [0.29, 0.717) is 11.7 Å². The molecule has 0 saturated carbocycles. The maximum Gasteiger partial charge on any atom is 0.331 e. The molecular weight excluding hydrogens is 244 g/mol. The van der Waals surface area contributed by atoms with Gasteiger partial charge in [0.05, 0.1) is 0 Å². The molecule has 0 aliphatic carbocycles. The zero-order valence-corrected chi connectivity index (χ0v) is 10.7. The Hall–Kier alpha value is -2.43. The van der Waals surface area contributed by atoms with Gasteiger partial charge in [-0.2, -0.15) is 4.98 Å². The molecule has 0 bridgehead atoms. The van der Waals surface area contributed by atoms with Gasteiger partial charge in [-0.1, -0.05) is 35.5 Å². The summed E-state index contributed by atoms with van der Waals surface area (Å²) < 4.78 is 10.1. The van der Waals surface area contributed by atoms with Crippen LogP contribution in [-0.4, -0.2) is 16.1 Å². The molecule has 2 aromatic rings. The number of ether oxygens (including phenoxy) is 1. The van der Waals surface area contributed by atoms with E-state index >= 15 is 0 Å². The fourth-order valence-corrected chi connectivity index (χ4v) is 1.47. The van der Waals surface area contributed by atoms with Crippen molar-refractivity contribution in [3.05, 3.63) is 53.7 Å². The van der Waals surface area contributed by atoms with Gasteiger partial charge in [-0.05, 0) is 25.5 Å². The fourth-order valence-electron chi connectivity index (χ4n) is 1.47. The predicted octanol–water partition coefficient (Wildman–Crippen LogP) is 2.70. The van der Waals surface area contributed by atoms with Crippen molar-refractivity contribution in [2.75, 3.05) is 0 Å². The summed E-state index contributed by atoms with van der Waals surface area (Å²) in [7, 11) is 0. The lowest BCUT2D eigenvalue weighted by Gasteiger charge is -2.06. The molecule has 1 aromatic carbocycles. The number of esters is 1. The second-order valence-corrected chi connectivity index (χ2v) is 4.00. The van der Waals surface area contributed by atoms with Gasteiger partial charge in [0.15, 0.2) is 11.9 Å². The number of aromatic nitrogens is 2. The lowest BCUT2D eigenvalue weighted by atomic mass is 10.2. The highest BCUT2D eigenvalue weighted by molar-refractivity contribution is 5.87. The normalized spacial score (nSPS) is 12.5. The number of benzene rings is 1. The average molecular weight is 258 g/mol. The van der Waals surface area contributed by atoms with E-state index < -0.39 is 12.1 Å². The van der Waals surface area contributed by atoms with E-state index in [-0.39, 0.29) is 0 Å². The fraction of sp³-hybridized carbons (Fsp3) is 0.214. The van der Waals surface area contributed by atoms with Gasteiger partial charge in [0.2, 0.25) is 0 Å². The standard InChI is InChI=1S/C14H14N2O3/c1-10(14-15-11(2)16-19-14)18-13(17)9-8-12-6-4-3-5-7-12/h3-10H,1-2H3/b9-8+. The van der Waals surface area contributed by atoms with Gasteiger partial charge in [-0.3, -0.25) is 0 Å². The molecule has 0 N–H and O–H groups in total. The Bertz CT molecular complexity index is 575. The maximum absolute atomic E-state index is 11.6. The highest BCUT2D eigenvalue weighted by atomic mass is 16.6. The highest BCUT2D eigenvalue weighted by Crippen LogP contribution is 2.14. The second kappa shape index (κ2) is 5.95. The molecule has 98 valence electrons. The second-order valence-electron chi connectivity index (χ2n) is 4.00. The number of nitrogens with zero attached hydrogens (tertiary/aromatic N) is 2. The van der Waals surface area contributed by atoms with Crippen LogP contribution in [-0.2, 0) is 9.53 Å². The summed E-state index contributed by atoms with van der Waals surface area (Å²) in [6.07, 6.45) is 2.50. The molecule has 0 aliphatic rings. The molecule has 5 nitrogen and oxygen atoms in total. The summed E-state index contributed by atoms with van der Waals surface area (Å²) >= 11 is 0. The van der Waals surface area contributed by atoms with Crippen molar-refractivity contribution in [1.82, 2.24) is 10.1 Å². The Morgan fingerprint density at radius 2 is 2.11 bits per heavy atom.